The summed E-state index contributed by atoms with van der Waals surface area (Å²) >= 11 is 0. The Balaban J connectivity index is 1.87. The van der Waals surface area contributed by atoms with Gasteiger partial charge in [0, 0.05) is 23.6 Å². The van der Waals surface area contributed by atoms with Gasteiger partial charge in [-0.2, -0.15) is 4.57 Å². The van der Waals surface area contributed by atoms with E-state index in [1.807, 2.05) is 0 Å². The van der Waals surface area contributed by atoms with Crippen LogP contribution >= 0.6 is 0 Å². The van der Waals surface area contributed by atoms with Crippen molar-refractivity contribution in [1.29, 1.82) is 0 Å². The van der Waals surface area contributed by atoms with Crippen molar-refractivity contribution in [3.63, 3.8) is 0 Å². The van der Waals surface area contributed by atoms with Crippen LogP contribution in [0.1, 0.15) is 42.9 Å². The van der Waals surface area contributed by atoms with Crippen LogP contribution in [0.2, 0.25) is 0 Å². The fourth-order valence-corrected chi connectivity index (χ4v) is 3.01. The number of nitrogens with zero attached hydrogens (tertiary/aromatic N) is 1. The van der Waals surface area contributed by atoms with Gasteiger partial charge in [-0.05, 0) is 12.8 Å². The van der Waals surface area contributed by atoms with Crippen LogP contribution in [0.3, 0.4) is 0 Å². The van der Waals surface area contributed by atoms with E-state index in [2.05, 4.69) is 59.3 Å². The Bertz CT molecular complexity index is 498. The molecule has 18 heavy (non-hydrogen) atoms. The van der Waals surface area contributed by atoms with Crippen LogP contribution in [0.15, 0.2) is 54.7 Å². The highest BCUT2D eigenvalue weighted by Crippen LogP contribution is 2.32. The number of hydrogen-bond donors (Lipinski definition) is 0. The summed E-state index contributed by atoms with van der Waals surface area (Å²) in [5, 5.41) is 0. The van der Waals surface area contributed by atoms with Crippen LogP contribution in [-0.4, -0.2) is 0 Å². The molecule has 1 heteroatoms. The first-order valence-electron chi connectivity index (χ1n) is 6.96. The minimum Gasteiger partial charge on any atom is -0.198 e. The zero-order valence-corrected chi connectivity index (χ0v) is 10.8. The standard InChI is InChI=1S/C17H20N/c1-2-8-15(9-3-1)14-18-13-7-6-12-17(18)16-10-4-5-11-16/h1-3,6-9,12-13,16H,4-5,10-11,14H2/q+1. The van der Waals surface area contributed by atoms with Crippen molar-refractivity contribution >= 4 is 0 Å². The first-order chi connectivity index (χ1) is 8.93. The lowest BCUT2D eigenvalue weighted by Gasteiger charge is -2.09. The second kappa shape index (κ2) is 5.34. The number of rotatable bonds is 3. The summed E-state index contributed by atoms with van der Waals surface area (Å²) < 4.78 is 2.42. The van der Waals surface area contributed by atoms with Gasteiger partial charge in [-0.3, -0.25) is 0 Å². The summed E-state index contributed by atoms with van der Waals surface area (Å²) in [7, 11) is 0. The van der Waals surface area contributed by atoms with Crippen LogP contribution in [0.25, 0.3) is 0 Å². The summed E-state index contributed by atoms with van der Waals surface area (Å²) in [5.74, 6) is 0.773. The molecular formula is C17H20N+. The van der Waals surface area contributed by atoms with Gasteiger partial charge in [0.05, 0.1) is 0 Å². The molecule has 2 aromatic rings. The molecule has 0 aliphatic heterocycles. The molecule has 1 nitrogen and oxygen atoms in total. The zero-order chi connectivity index (χ0) is 12.2. The first kappa shape index (κ1) is 11.5. The maximum absolute atomic E-state index is 2.42. The third kappa shape index (κ3) is 2.45. The zero-order valence-electron chi connectivity index (χ0n) is 10.8. The molecule has 1 heterocycles. The van der Waals surface area contributed by atoms with E-state index in [-0.39, 0.29) is 0 Å². The Morgan fingerprint density at radius 1 is 0.889 bits per heavy atom. The molecule has 0 bridgehead atoms. The lowest BCUT2D eigenvalue weighted by Crippen LogP contribution is -2.39. The van der Waals surface area contributed by atoms with Crippen LogP contribution in [0.5, 0.6) is 0 Å². The average Bonchev–Trinajstić information content (AvgIpc) is 2.94. The molecule has 1 aliphatic carbocycles. The normalized spacial score (nSPS) is 16.0. The summed E-state index contributed by atoms with van der Waals surface area (Å²) in [6.45, 7) is 0.994. The highest BCUT2D eigenvalue weighted by Gasteiger charge is 2.24. The molecule has 1 fully saturated rings. The Labute approximate surface area is 109 Å². The Hall–Kier alpha value is -1.63. The van der Waals surface area contributed by atoms with Crippen molar-refractivity contribution in [2.24, 2.45) is 0 Å². The van der Waals surface area contributed by atoms with E-state index in [1.165, 1.54) is 36.9 Å². The summed E-state index contributed by atoms with van der Waals surface area (Å²) in [5.41, 5.74) is 2.90. The van der Waals surface area contributed by atoms with E-state index in [4.69, 9.17) is 0 Å². The van der Waals surface area contributed by atoms with E-state index < -0.39 is 0 Å². The molecule has 0 spiro atoms. The van der Waals surface area contributed by atoms with E-state index in [9.17, 15) is 0 Å². The highest BCUT2D eigenvalue weighted by atomic mass is 15.0. The quantitative estimate of drug-likeness (QED) is 0.718. The van der Waals surface area contributed by atoms with Gasteiger partial charge >= 0.3 is 0 Å². The maximum atomic E-state index is 2.42. The Morgan fingerprint density at radius 3 is 2.39 bits per heavy atom. The predicted molar refractivity (Wildman–Crippen MR) is 73.4 cm³/mol. The topological polar surface area (TPSA) is 3.88 Å². The molecule has 0 unspecified atom stereocenters. The monoisotopic (exact) mass is 238 g/mol. The van der Waals surface area contributed by atoms with Crippen LogP contribution in [0, 0.1) is 0 Å². The summed E-state index contributed by atoms with van der Waals surface area (Å²) in [4.78, 5) is 0. The molecule has 0 amide bonds. The van der Waals surface area contributed by atoms with Gasteiger partial charge in [-0.25, -0.2) is 0 Å². The Morgan fingerprint density at radius 2 is 1.61 bits per heavy atom. The van der Waals surface area contributed by atoms with Crippen molar-refractivity contribution < 1.29 is 4.57 Å². The van der Waals surface area contributed by atoms with Crippen molar-refractivity contribution in [2.45, 2.75) is 38.1 Å². The molecule has 92 valence electrons. The van der Waals surface area contributed by atoms with Crippen molar-refractivity contribution in [1.82, 2.24) is 0 Å². The highest BCUT2D eigenvalue weighted by molar-refractivity contribution is 5.14. The number of pyridine rings is 1. The van der Waals surface area contributed by atoms with Crippen molar-refractivity contribution in [2.75, 3.05) is 0 Å². The molecule has 1 aliphatic rings. The van der Waals surface area contributed by atoms with E-state index in [0.717, 1.165) is 12.5 Å². The molecule has 1 saturated carbocycles. The first-order valence-corrected chi connectivity index (χ1v) is 6.96. The molecule has 0 saturated heterocycles. The molecular weight excluding hydrogens is 218 g/mol. The van der Waals surface area contributed by atoms with Gasteiger partial charge in [0.2, 0.25) is 0 Å². The molecule has 3 rings (SSSR count). The number of aromatic nitrogens is 1. The van der Waals surface area contributed by atoms with Gasteiger partial charge in [-0.15, -0.1) is 0 Å². The lowest BCUT2D eigenvalue weighted by atomic mass is 10.0. The minimum atomic E-state index is 0.773. The fraction of sp³-hybridized carbons (Fsp3) is 0.353. The van der Waals surface area contributed by atoms with E-state index in [1.54, 1.807) is 0 Å². The SMILES string of the molecule is c1ccc(C[n+]2ccccc2C2CCCC2)cc1. The number of benzene rings is 1. The summed E-state index contributed by atoms with van der Waals surface area (Å²) in [6, 6.07) is 17.4. The number of hydrogen-bond acceptors (Lipinski definition) is 0. The summed E-state index contributed by atoms with van der Waals surface area (Å²) in [6.07, 6.45) is 7.73. The Kier molecular flexibility index (Phi) is 3.40. The van der Waals surface area contributed by atoms with Gasteiger partial charge in [-0.1, -0.05) is 49.2 Å². The maximum Gasteiger partial charge on any atom is 0.184 e. The van der Waals surface area contributed by atoms with Gasteiger partial charge < -0.3 is 0 Å². The smallest absolute Gasteiger partial charge is 0.184 e. The van der Waals surface area contributed by atoms with Crippen LogP contribution < -0.4 is 4.57 Å². The second-order valence-electron chi connectivity index (χ2n) is 5.22. The van der Waals surface area contributed by atoms with Crippen molar-refractivity contribution in [3.8, 4) is 0 Å². The fourth-order valence-electron chi connectivity index (χ4n) is 3.01. The largest absolute Gasteiger partial charge is 0.198 e. The third-order valence-corrected chi connectivity index (χ3v) is 3.94. The van der Waals surface area contributed by atoms with Gasteiger partial charge in [0.1, 0.15) is 0 Å². The predicted octanol–water partition coefficient (Wildman–Crippen LogP) is 3.68. The van der Waals surface area contributed by atoms with E-state index >= 15 is 0 Å². The van der Waals surface area contributed by atoms with E-state index in [0.29, 0.717) is 0 Å². The molecule has 0 N–H and O–H groups in total. The molecule has 1 aromatic heterocycles. The minimum absolute atomic E-state index is 0.773. The third-order valence-electron chi connectivity index (χ3n) is 3.94. The van der Waals surface area contributed by atoms with Gasteiger partial charge in [0.15, 0.2) is 18.4 Å². The van der Waals surface area contributed by atoms with Crippen LogP contribution in [-0.2, 0) is 6.54 Å². The van der Waals surface area contributed by atoms with Crippen molar-refractivity contribution in [3.05, 3.63) is 66.0 Å². The van der Waals surface area contributed by atoms with Gasteiger partial charge in [0.25, 0.3) is 0 Å². The average molecular weight is 238 g/mol. The second-order valence-corrected chi connectivity index (χ2v) is 5.22. The molecule has 0 radical (unpaired) electrons. The lowest BCUT2D eigenvalue weighted by molar-refractivity contribution is -0.697. The van der Waals surface area contributed by atoms with Crippen LogP contribution in [0.4, 0.5) is 0 Å². The molecule has 0 atom stereocenters. The molecule has 1 aromatic carbocycles.